The van der Waals surface area contributed by atoms with E-state index in [4.69, 9.17) is 0 Å². The Kier molecular flexibility index (Phi) is 4.04. The zero-order valence-corrected chi connectivity index (χ0v) is 13.8. The third kappa shape index (κ3) is 2.72. The third-order valence-corrected chi connectivity index (χ3v) is 5.80. The summed E-state index contributed by atoms with van der Waals surface area (Å²) in [7, 11) is 1.95. The van der Waals surface area contributed by atoms with Crippen LogP contribution in [-0.4, -0.2) is 24.0 Å². The van der Waals surface area contributed by atoms with E-state index in [0.29, 0.717) is 0 Å². The van der Waals surface area contributed by atoms with Crippen molar-refractivity contribution in [2.75, 3.05) is 13.6 Å². The molecule has 0 saturated carbocycles. The van der Waals surface area contributed by atoms with Gasteiger partial charge in [0.05, 0.1) is 0 Å². The summed E-state index contributed by atoms with van der Waals surface area (Å²) in [4.78, 5) is 3.76. The van der Waals surface area contributed by atoms with Gasteiger partial charge in [-0.2, -0.15) is 0 Å². The summed E-state index contributed by atoms with van der Waals surface area (Å²) in [6.07, 6.45) is 2.46. The Labute approximate surface area is 130 Å². The summed E-state index contributed by atoms with van der Waals surface area (Å²) in [6, 6.07) is 5.42. The number of benzene rings is 1. The molecule has 0 amide bonds. The first kappa shape index (κ1) is 14.9. The number of nitrogens with one attached hydrogen (secondary N) is 1. The number of thiophene rings is 1. The average molecular weight is 306 g/mol. The van der Waals surface area contributed by atoms with Crippen molar-refractivity contribution in [3.8, 4) is 0 Å². The Bertz CT molecular complexity index is 648. The first-order valence-electron chi connectivity index (χ1n) is 7.61. The summed E-state index contributed by atoms with van der Waals surface area (Å²) >= 11 is 1.72. The van der Waals surface area contributed by atoms with Crippen LogP contribution in [0.4, 0.5) is 4.39 Å². The molecule has 0 spiro atoms. The van der Waals surface area contributed by atoms with Crippen molar-refractivity contribution in [3.63, 3.8) is 0 Å². The van der Waals surface area contributed by atoms with E-state index in [2.05, 4.69) is 24.1 Å². The molecule has 3 rings (SSSR count). The molecule has 1 aliphatic heterocycles. The van der Waals surface area contributed by atoms with Crippen LogP contribution >= 0.6 is 11.3 Å². The molecule has 0 bridgehead atoms. The van der Waals surface area contributed by atoms with E-state index in [-0.39, 0.29) is 11.4 Å². The molecule has 1 aliphatic rings. The van der Waals surface area contributed by atoms with Crippen LogP contribution in [0.5, 0.6) is 0 Å². The van der Waals surface area contributed by atoms with Gasteiger partial charge in [-0.3, -0.25) is 4.90 Å². The molecule has 0 atom stereocenters. The van der Waals surface area contributed by atoms with E-state index in [1.807, 2.05) is 13.1 Å². The number of fused-ring (bicyclic) bond motifs is 1. The van der Waals surface area contributed by atoms with E-state index in [1.165, 1.54) is 23.3 Å². The highest BCUT2D eigenvalue weighted by Gasteiger charge is 2.32. The number of hydrogen-bond acceptors (Lipinski definition) is 3. The molecule has 1 aromatic carbocycles. The van der Waals surface area contributed by atoms with Crippen LogP contribution in [0.25, 0.3) is 10.1 Å². The molecular formula is C17H23FN2S. The quantitative estimate of drug-likeness (QED) is 0.913. The minimum Gasteiger partial charge on any atom is -0.315 e. The summed E-state index contributed by atoms with van der Waals surface area (Å²) in [5.74, 6) is -0.0851. The Hall–Kier alpha value is -0.970. The molecule has 1 N–H and O–H groups in total. The predicted molar refractivity (Wildman–Crippen MR) is 88.3 cm³/mol. The fraction of sp³-hybridized carbons (Fsp3) is 0.529. The van der Waals surface area contributed by atoms with Gasteiger partial charge in [0.15, 0.2) is 0 Å². The first-order valence-corrected chi connectivity index (χ1v) is 8.43. The van der Waals surface area contributed by atoms with Crippen LogP contribution in [0.2, 0.25) is 0 Å². The number of hydrogen-bond donors (Lipinski definition) is 1. The highest BCUT2D eigenvalue weighted by atomic mass is 32.1. The van der Waals surface area contributed by atoms with Crippen molar-refractivity contribution in [2.24, 2.45) is 0 Å². The predicted octanol–water partition coefficient (Wildman–Crippen LogP) is 4.13. The van der Waals surface area contributed by atoms with Crippen molar-refractivity contribution >= 4 is 21.4 Å². The molecule has 0 aliphatic carbocycles. The summed E-state index contributed by atoms with van der Waals surface area (Å²) in [6.45, 7) is 7.36. The Balaban J connectivity index is 2.05. The van der Waals surface area contributed by atoms with Gasteiger partial charge >= 0.3 is 0 Å². The fourth-order valence-corrected chi connectivity index (χ4v) is 4.57. The largest absolute Gasteiger partial charge is 0.315 e. The maximum absolute atomic E-state index is 14.3. The smallest absolute Gasteiger partial charge is 0.132 e. The molecule has 114 valence electrons. The molecule has 2 nitrogen and oxygen atoms in total. The average Bonchev–Trinajstić information content (AvgIpc) is 2.93. The Morgan fingerprint density at radius 3 is 2.86 bits per heavy atom. The summed E-state index contributed by atoms with van der Waals surface area (Å²) in [5, 5.41) is 4.05. The second kappa shape index (κ2) is 5.67. The van der Waals surface area contributed by atoms with Crippen molar-refractivity contribution in [1.29, 1.82) is 0 Å². The standard InChI is InChI=1S/C17H23FN2S/c1-17(2)8-5-9-20(17)11-12-15(10-19-3)21-14-7-4-6-13(18)16(12)14/h4,6-7,19H,5,8-11H2,1-3H3. The van der Waals surface area contributed by atoms with E-state index in [9.17, 15) is 4.39 Å². The number of halogens is 1. The summed E-state index contributed by atoms with van der Waals surface area (Å²) in [5.41, 5.74) is 1.40. The van der Waals surface area contributed by atoms with Gasteiger partial charge in [0, 0.05) is 33.6 Å². The maximum Gasteiger partial charge on any atom is 0.132 e. The topological polar surface area (TPSA) is 15.3 Å². The fourth-order valence-electron chi connectivity index (χ4n) is 3.33. The van der Waals surface area contributed by atoms with Crippen molar-refractivity contribution in [2.45, 2.75) is 45.3 Å². The van der Waals surface area contributed by atoms with Gasteiger partial charge in [0.2, 0.25) is 0 Å². The van der Waals surface area contributed by atoms with Gasteiger partial charge in [0.1, 0.15) is 5.82 Å². The molecule has 2 heterocycles. The van der Waals surface area contributed by atoms with Crippen LogP contribution in [-0.2, 0) is 13.1 Å². The van der Waals surface area contributed by atoms with Crippen molar-refractivity contribution in [3.05, 3.63) is 34.5 Å². The Morgan fingerprint density at radius 1 is 1.38 bits per heavy atom. The second-order valence-corrected chi connectivity index (χ2v) is 7.62. The van der Waals surface area contributed by atoms with Crippen LogP contribution in [0.3, 0.4) is 0 Å². The summed E-state index contributed by atoms with van der Waals surface area (Å²) < 4.78 is 15.4. The molecule has 2 aromatic rings. The number of nitrogens with zero attached hydrogens (tertiary/aromatic N) is 1. The van der Waals surface area contributed by atoms with E-state index in [1.54, 1.807) is 23.5 Å². The highest BCUT2D eigenvalue weighted by Crippen LogP contribution is 2.37. The van der Waals surface area contributed by atoms with E-state index >= 15 is 0 Å². The van der Waals surface area contributed by atoms with Crippen LogP contribution in [0.1, 0.15) is 37.1 Å². The highest BCUT2D eigenvalue weighted by molar-refractivity contribution is 7.19. The monoisotopic (exact) mass is 306 g/mol. The van der Waals surface area contributed by atoms with Crippen LogP contribution in [0, 0.1) is 5.82 Å². The molecule has 21 heavy (non-hydrogen) atoms. The molecular weight excluding hydrogens is 283 g/mol. The molecule has 1 aromatic heterocycles. The lowest BCUT2D eigenvalue weighted by molar-refractivity contribution is 0.167. The van der Waals surface area contributed by atoms with Gasteiger partial charge in [0.25, 0.3) is 0 Å². The minimum atomic E-state index is -0.0851. The normalized spacial score (nSPS) is 18.7. The Morgan fingerprint density at radius 2 is 2.19 bits per heavy atom. The van der Waals surface area contributed by atoms with Crippen LogP contribution < -0.4 is 5.32 Å². The van der Waals surface area contributed by atoms with Crippen molar-refractivity contribution in [1.82, 2.24) is 10.2 Å². The SMILES string of the molecule is CNCc1sc2cccc(F)c2c1CN1CCCC1(C)C. The molecule has 0 unspecified atom stereocenters. The maximum atomic E-state index is 14.3. The molecule has 4 heteroatoms. The minimum absolute atomic E-state index is 0.0851. The third-order valence-electron chi connectivity index (χ3n) is 4.61. The first-order chi connectivity index (χ1) is 10.0. The number of likely N-dealkylation sites (tertiary alicyclic amines) is 1. The van der Waals surface area contributed by atoms with Gasteiger partial charge in [-0.1, -0.05) is 6.07 Å². The zero-order chi connectivity index (χ0) is 15.0. The van der Waals surface area contributed by atoms with Crippen LogP contribution in [0.15, 0.2) is 18.2 Å². The lowest BCUT2D eigenvalue weighted by atomic mass is 10.0. The van der Waals surface area contributed by atoms with E-state index < -0.39 is 0 Å². The number of rotatable bonds is 4. The zero-order valence-electron chi connectivity index (χ0n) is 13.0. The van der Waals surface area contributed by atoms with Gasteiger partial charge < -0.3 is 5.32 Å². The van der Waals surface area contributed by atoms with Gasteiger partial charge in [-0.05, 0) is 58.0 Å². The lowest BCUT2D eigenvalue weighted by Crippen LogP contribution is -2.37. The molecule has 0 radical (unpaired) electrons. The lowest BCUT2D eigenvalue weighted by Gasteiger charge is -2.31. The van der Waals surface area contributed by atoms with Gasteiger partial charge in [-0.15, -0.1) is 11.3 Å². The molecule has 1 saturated heterocycles. The van der Waals surface area contributed by atoms with Crippen molar-refractivity contribution < 1.29 is 4.39 Å². The molecule has 1 fully saturated rings. The second-order valence-electron chi connectivity index (χ2n) is 6.48. The van der Waals surface area contributed by atoms with E-state index in [0.717, 1.165) is 29.7 Å². The van der Waals surface area contributed by atoms with Gasteiger partial charge in [-0.25, -0.2) is 4.39 Å².